The SMILES string of the molecule is CCCCCCCCN(C(=O)C(CCC(N)=O)NC(=O)OC(C)(C)C)C(C(=O)NCC(=O)OC)c1ccc(C)cc1. The number of nitrogens with one attached hydrogen (secondary N) is 2. The minimum absolute atomic E-state index is 0.0786. The molecule has 11 heteroatoms. The molecule has 0 aromatic heterocycles. The van der Waals surface area contributed by atoms with Crippen LogP contribution in [-0.2, 0) is 28.7 Å². The van der Waals surface area contributed by atoms with Gasteiger partial charge in [0.05, 0.1) is 7.11 Å². The second-order valence-electron chi connectivity index (χ2n) is 11.1. The summed E-state index contributed by atoms with van der Waals surface area (Å²) < 4.78 is 10.0. The van der Waals surface area contributed by atoms with E-state index in [2.05, 4.69) is 22.3 Å². The van der Waals surface area contributed by atoms with Gasteiger partial charge in [-0.2, -0.15) is 0 Å². The van der Waals surface area contributed by atoms with E-state index in [4.69, 9.17) is 10.5 Å². The van der Waals surface area contributed by atoms with Gasteiger partial charge in [0.1, 0.15) is 24.2 Å². The monoisotopic (exact) mass is 576 g/mol. The molecule has 0 aliphatic heterocycles. The van der Waals surface area contributed by atoms with Gasteiger partial charge in [-0.1, -0.05) is 68.9 Å². The van der Waals surface area contributed by atoms with Crippen LogP contribution >= 0.6 is 0 Å². The predicted octanol–water partition coefficient (Wildman–Crippen LogP) is 3.67. The number of benzene rings is 1. The molecule has 1 aromatic rings. The zero-order valence-electron chi connectivity index (χ0n) is 25.4. The van der Waals surface area contributed by atoms with Crippen molar-refractivity contribution in [3.8, 4) is 0 Å². The van der Waals surface area contributed by atoms with E-state index in [1.165, 1.54) is 12.0 Å². The van der Waals surface area contributed by atoms with Crippen molar-refractivity contribution in [2.24, 2.45) is 5.73 Å². The number of primary amides is 1. The average Bonchev–Trinajstić information content (AvgIpc) is 2.90. The first-order valence-corrected chi connectivity index (χ1v) is 14.3. The molecule has 0 aliphatic rings. The van der Waals surface area contributed by atoms with E-state index < -0.39 is 47.5 Å². The number of nitrogens with zero attached hydrogens (tertiary/aromatic N) is 1. The number of unbranched alkanes of at least 4 members (excludes halogenated alkanes) is 5. The van der Waals surface area contributed by atoms with E-state index in [-0.39, 0.29) is 25.9 Å². The van der Waals surface area contributed by atoms with Gasteiger partial charge in [0.25, 0.3) is 0 Å². The number of carbonyl (C=O) groups is 5. The van der Waals surface area contributed by atoms with Crippen molar-refractivity contribution in [3.05, 3.63) is 35.4 Å². The van der Waals surface area contributed by atoms with Gasteiger partial charge in [-0.25, -0.2) is 4.79 Å². The molecular formula is C30H48N4O7. The molecule has 41 heavy (non-hydrogen) atoms. The van der Waals surface area contributed by atoms with Crippen LogP contribution in [0.15, 0.2) is 24.3 Å². The Kier molecular flexibility index (Phi) is 15.5. The number of amides is 4. The van der Waals surface area contributed by atoms with Crippen LogP contribution < -0.4 is 16.4 Å². The molecule has 0 spiro atoms. The summed E-state index contributed by atoms with van der Waals surface area (Å²) in [4.78, 5) is 65.2. The molecule has 0 heterocycles. The van der Waals surface area contributed by atoms with Gasteiger partial charge in [0, 0.05) is 13.0 Å². The second kappa shape index (κ2) is 17.9. The van der Waals surface area contributed by atoms with Crippen molar-refractivity contribution in [3.63, 3.8) is 0 Å². The van der Waals surface area contributed by atoms with Gasteiger partial charge in [0.15, 0.2) is 0 Å². The molecule has 1 aromatic carbocycles. The molecule has 11 nitrogen and oxygen atoms in total. The summed E-state index contributed by atoms with van der Waals surface area (Å²) in [6.45, 7) is 8.93. The maximum atomic E-state index is 14.1. The van der Waals surface area contributed by atoms with Gasteiger partial charge < -0.3 is 30.7 Å². The van der Waals surface area contributed by atoms with Gasteiger partial charge in [0.2, 0.25) is 17.7 Å². The first-order valence-electron chi connectivity index (χ1n) is 14.3. The molecular weight excluding hydrogens is 528 g/mol. The number of methoxy groups -OCH3 is 1. The maximum Gasteiger partial charge on any atom is 0.408 e. The quantitative estimate of drug-likeness (QED) is 0.189. The van der Waals surface area contributed by atoms with Crippen molar-refractivity contribution in [2.75, 3.05) is 20.2 Å². The lowest BCUT2D eigenvalue weighted by atomic mass is 9.99. The fourth-order valence-corrected chi connectivity index (χ4v) is 4.17. The number of rotatable bonds is 17. The highest BCUT2D eigenvalue weighted by molar-refractivity contribution is 5.93. The first kappa shape index (κ1) is 35.4. The summed E-state index contributed by atoms with van der Waals surface area (Å²) >= 11 is 0. The molecule has 0 fully saturated rings. The van der Waals surface area contributed by atoms with Gasteiger partial charge in [-0.05, 0) is 46.1 Å². The Bertz CT molecular complexity index is 1010. The number of hydrogen-bond donors (Lipinski definition) is 3. The molecule has 0 bridgehead atoms. The third-order valence-electron chi connectivity index (χ3n) is 6.29. The third-order valence-corrected chi connectivity index (χ3v) is 6.29. The fraction of sp³-hybridized carbons (Fsp3) is 0.633. The van der Waals surface area contributed by atoms with E-state index in [0.29, 0.717) is 12.0 Å². The van der Waals surface area contributed by atoms with Crippen LogP contribution in [-0.4, -0.2) is 66.5 Å². The lowest BCUT2D eigenvalue weighted by Gasteiger charge is -2.34. The van der Waals surface area contributed by atoms with Gasteiger partial charge in [-0.15, -0.1) is 0 Å². The molecule has 2 atom stereocenters. The predicted molar refractivity (Wildman–Crippen MR) is 156 cm³/mol. The van der Waals surface area contributed by atoms with E-state index in [1.807, 2.05) is 19.1 Å². The Morgan fingerprint density at radius 3 is 2.15 bits per heavy atom. The highest BCUT2D eigenvalue weighted by Crippen LogP contribution is 2.25. The van der Waals surface area contributed by atoms with E-state index in [0.717, 1.165) is 37.7 Å². The van der Waals surface area contributed by atoms with Crippen molar-refractivity contribution in [2.45, 2.75) is 104 Å². The number of alkyl carbamates (subject to hydrolysis) is 1. The molecule has 4 amide bonds. The summed E-state index contributed by atoms with van der Waals surface area (Å²) in [5, 5.41) is 5.14. The van der Waals surface area contributed by atoms with Crippen LogP contribution in [0.25, 0.3) is 0 Å². The zero-order chi connectivity index (χ0) is 31.0. The van der Waals surface area contributed by atoms with Crippen LogP contribution in [0, 0.1) is 6.92 Å². The maximum absolute atomic E-state index is 14.1. The van der Waals surface area contributed by atoms with Crippen LogP contribution in [0.4, 0.5) is 4.79 Å². The van der Waals surface area contributed by atoms with Crippen molar-refractivity contribution < 1.29 is 33.4 Å². The Hall–Kier alpha value is -3.63. The number of ether oxygens (including phenoxy) is 2. The zero-order valence-corrected chi connectivity index (χ0v) is 25.4. The minimum atomic E-state index is -1.18. The Morgan fingerprint density at radius 2 is 1.59 bits per heavy atom. The van der Waals surface area contributed by atoms with E-state index in [1.54, 1.807) is 32.9 Å². The molecule has 1 rings (SSSR count). The van der Waals surface area contributed by atoms with Crippen LogP contribution in [0.3, 0.4) is 0 Å². The van der Waals surface area contributed by atoms with Crippen molar-refractivity contribution in [1.29, 1.82) is 0 Å². The minimum Gasteiger partial charge on any atom is -0.468 e. The van der Waals surface area contributed by atoms with Crippen molar-refractivity contribution >= 4 is 29.8 Å². The average molecular weight is 577 g/mol. The molecule has 0 aliphatic carbocycles. The highest BCUT2D eigenvalue weighted by atomic mass is 16.6. The number of hydrogen-bond acceptors (Lipinski definition) is 7. The smallest absolute Gasteiger partial charge is 0.408 e. The number of aryl methyl sites for hydroxylation is 1. The number of nitrogens with two attached hydrogens (primary N) is 1. The number of esters is 1. The summed E-state index contributed by atoms with van der Waals surface area (Å²) in [5.41, 5.74) is 6.04. The lowest BCUT2D eigenvalue weighted by Crippen LogP contribution is -2.53. The molecule has 4 N–H and O–H groups in total. The van der Waals surface area contributed by atoms with Crippen LogP contribution in [0.5, 0.6) is 0 Å². The summed E-state index contributed by atoms with van der Waals surface area (Å²) in [5.74, 6) is -2.42. The van der Waals surface area contributed by atoms with Crippen LogP contribution in [0.2, 0.25) is 0 Å². The third kappa shape index (κ3) is 14.0. The van der Waals surface area contributed by atoms with Crippen LogP contribution in [0.1, 0.15) is 96.2 Å². The van der Waals surface area contributed by atoms with Crippen molar-refractivity contribution in [1.82, 2.24) is 15.5 Å². The lowest BCUT2D eigenvalue weighted by molar-refractivity contribution is -0.145. The molecule has 230 valence electrons. The molecule has 0 saturated carbocycles. The normalized spacial score (nSPS) is 12.5. The Morgan fingerprint density at radius 1 is 0.976 bits per heavy atom. The molecule has 2 unspecified atom stereocenters. The number of carbonyl (C=O) groups excluding carboxylic acids is 5. The Balaban J connectivity index is 3.46. The largest absolute Gasteiger partial charge is 0.468 e. The summed E-state index contributed by atoms with van der Waals surface area (Å²) in [7, 11) is 1.21. The Labute approximate surface area is 243 Å². The first-order chi connectivity index (χ1) is 19.3. The second-order valence-corrected chi connectivity index (χ2v) is 11.1. The summed E-state index contributed by atoms with van der Waals surface area (Å²) in [6, 6.07) is 4.86. The van der Waals surface area contributed by atoms with E-state index >= 15 is 0 Å². The molecule has 0 saturated heterocycles. The molecule has 0 radical (unpaired) electrons. The summed E-state index contributed by atoms with van der Waals surface area (Å²) in [6.07, 6.45) is 4.61. The van der Waals surface area contributed by atoms with Gasteiger partial charge in [-0.3, -0.25) is 19.2 Å². The van der Waals surface area contributed by atoms with E-state index in [9.17, 15) is 24.0 Å². The highest BCUT2D eigenvalue weighted by Gasteiger charge is 2.36. The standard InChI is InChI=1S/C30H48N4O7/c1-7-8-9-10-11-12-19-34(28(38)23(17-18-24(31)35)33-29(39)41-30(3,4)5)26(22-15-13-21(2)14-16-22)27(37)32-20-25(36)40-6/h13-16,23,26H,7-12,17-20H2,1-6H3,(H2,31,35)(H,32,37)(H,33,39). The van der Waals surface area contributed by atoms with Gasteiger partial charge >= 0.3 is 12.1 Å². The topological polar surface area (TPSA) is 157 Å². The fourth-order valence-electron chi connectivity index (χ4n) is 4.17.